The minimum Gasteiger partial charge on any atom is -0.345 e. The number of aromatic nitrogens is 1. The van der Waals surface area contributed by atoms with E-state index in [-0.39, 0.29) is 0 Å². The number of piperazine rings is 1. The van der Waals surface area contributed by atoms with Crippen LogP contribution >= 0.6 is 22.7 Å². The quantitative estimate of drug-likeness (QED) is 0.681. The Labute approximate surface area is 155 Å². The first-order valence-electron chi connectivity index (χ1n) is 8.26. The van der Waals surface area contributed by atoms with Gasteiger partial charge in [-0.15, -0.1) is 11.3 Å². The van der Waals surface area contributed by atoms with Crippen molar-refractivity contribution in [3.63, 3.8) is 0 Å². The van der Waals surface area contributed by atoms with Crippen LogP contribution in [0, 0.1) is 0 Å². The van der Waals surface area contributed by atoms with Gasteiger partial charge in [-0.25, -0.2) is 13.4 Å². The molecule has 1 fully saturated rings. The number of aryl methyl sites for hydroxylation is 1. The molecule has 4 rings (SSSR count). The van der Waals surface area contributed by atoms with Gasteiger partial charge in [0.05, 0.1) is 10.2 Å². The summed E-state index contributed by atoms with van der Waals surface area (Å²) in [6, 6.07) is 9.85. The number of rotatable bonds is 4. The predicted octanol–water partition coefficient (Wildman–Crippen LogP) is 3.43. The van der Waals surface area contributed by atoms with Gasteiger partial charge in [-0.1, -0.05) is 30.4 Å². The van der Waals surface area contributed by atoms with E-state index in [1.807, 2.05) is 0 Å². The fourth-order valence-corrected chi connectivity index (χ4v) is 6.62. The van der Waals surface area contributed by atoms with Crippen molar-refractivity contribution < 1.29 is 8.42 Å². The van der Waals surface area contributed by atoms with E-state index < -0.39 is 10.0 Å². The Morgan fingerprint density at radius 2 is 1.96 bits per heavy atom. The van der Waals surface area contributed by atoms with Gasteiger partial charge >= 0.3 is 0 Å². The van der Waals surface area contributed by atoms with E-state index in [2.05, 4.69) is 30.0 Å². The molecule has 0 N–H and O–H groups in total. The van der Waals surface area contributed by atoms with E-state index in [4.69, 9.17) is 4.98 Å². The monoisotopic (exact) mass is 393 g/mol. The Morgan fingerprint density at radius 3 is 2.64 bits per heavy atom. The molecule has 1 aromatic carbocycles. The van der Waals surface area contributed by atoms with E-state index in [9.17, 15) is 8.42 Å². The highest BCUT2D eigenvalue weighted by molar-refractivity contribution is 7.91. The molecule has 5 nitrogen and oxygen atoms in total. The van der Waals surface area contributed by atoms with Crippen LogP contribution in [0.5, 0.6) is 0 Å². The molecule has 8 heteroatoms. The molecule has 132 valence electrons. The summed E-state index contributed by atoms with van der Waals surface area (Å²) in [5.41, 5.74) is 2.33. The van der Waals surface area contributed by atoms with Crippen LogP contribution in [-0.2, 0) is 16.4 Å². The Kier molecular flexibility index (Phi) is 4.53. The topological polar surface area (TPSA) is 53.5 Å². The van der Waals surface area contributed by atoms with E-state index in [0.717, 1.165) is 17.1 Å². The third-order valence-corrected chi connectivity index (χ3v) is 8.80. The van der Waals surface area contributed by atoms with E-state index in [1.165, 1.54) is 21.6 Å². The van der Waals surface area contributed by atoms with Crippen molar-refractivity contribution in [2.24, 2.45) is 0 Å². The molecule has 1 aliphatic heterocycles. The fraction of sp³-hybridized carbons (Fsp3) is 0.353. The van der Waals surface area contributed by atoms with Crippen molar-refractivity contribution in [1.82, 2.24) is 9.29 Å². The van der Waals surface area contributed by atoms with E-state index in [0.29, 0.717) is 30.4 Å². The van der Waals surface area contributed by atoms with Crippen LogP contribution in [0.25, 0.3) is 10.2 Å². The number of thiazole rings is 1. The van der Waals surface area contributed by atoms with Gasteiger partial charge in [0.2, 0.25) is 0 Å². The van der Waals surface area contributed by atoms with E-state index in [1.54, 1.807) is 33.2 Å². The number of sulfonamides is 1. The Morgan fingerprint density at radius 1 is 1.16 bits per heavy atom. The first-order valence-corrected chi connectivity index (χ1v) is 11.4. The average molecular weight is 394 g/mol. The van der Waals surface area contributed by atoms with Crippen molar-refractivity contribution in [2.75, 3.05) is 31.1 Å². The third-order valence-electron chi connectivity index (χ3n) is 4.45. The minimum atomic E-state index is -3.35. The number of hydrogen-bond acceptors (Lipinski definition) is 6. The third kappa shape index (κ3) is 3.19. The summed E-state index contributed by atoms with van der Waals surface area (Å²) in [7, 11) is -3.35. The Hall–Kier alpha value is -1.48. The van der Waals surface area contributed by atoms with Crippen molar-refractivity contribution in [3.8, 4) is 0 Å². The molecule has 0 saturated carbocycles. The Balaban J connectivity index is 1.50. The van der Waals surface area contributed by atoms with Crippen molar-refractivity contribution >= 4 is 48.0 Å². The Bertz CT molecular complexity index is 972. The van der Waals surface area contributed by atoms with Gasteiger partial charge in [0, 0.05) is 26.2 Å². The summed E-state index contributed by atoms with van der Waals surface area (Å²) in [6.45, 7) is 4.49. The highest BCUT2D eigenvalue weighted by Gasteiger charge is 2.30. The SMILES string of the molecule is CCc1ccc2nc(N3CCN(S(=O)(=O)c4cccs4)CC3)sc2c1. The molecule has 0 unspecified atom stereocenters. The van der Waals surface area contributed by atoms with Crippen LogP contribution in [0.2, 0.25) is 0 Å². The van der Waals surface area contributed by atoms with Gasteiger partial charge in [-0.3, -0.25) is 0 Å². The molecular weight excluding hydrogens is 374 g/mol. The van der Waals surface area contributed by atoms with Gasteiger partial charge in [0.15, 0.2) is 5.13 Å². The maximum atomic E-state index is 12.6. The molecule has 3 heterocycles. The highest BCUT2D eigenvalue weighted by Crippen LogP contribution is 2.31. The summed E-state index contributed by atoms with van der Waals surface area (Å²) in [5.74, 6) is 0. The lowest BCUT2D eigenvalue weighted by Gasteiger charge is -2.33. The van der Waals surface area contributed by atoms with Crippen molar-refractivity contribution in [2.45, 2.75) is 17.6 Å². The van der Waals surface area contributed by atoms with E-state index >= 15 is 0 Å². The molecule has 0 amide bonds. The summed E-state index contributed by atoms with van der Waals surface area (Å²) in [6.07, 6.45) is 1.02. The van der Waals surface area contributed by atoms with Gasteiger partial charge < -0.3 is 4.90 Å². The zero-order valence-corrected chi connectivity index (χ0v) is 16.3. The number of hydrogen-bond donors (Lipinski definition) is 0. The number of anilines is 1. The molecule has 1 aliphatic rings. The number of benzene rings is 1. The van der Waals surface area contributed by atoms with Crippen LogP contribution < -0.4 is 4.90 Å². The lowest BCUT2D eigenvalue weighted by Crippen LogP contribution is -2.48. The number of thiophene rings is 1. The first kappa shape index (κ1) is 17.0. The van der Waals surface area contributed by atoms with Crippen LogP contribution in [0.15, 0.2) is 39.9 Å². The maximum absolute atomic E-state index is 12.6. The lowest BCUT2D eigenvalue weighted by atomic mass is 10.2. The molecular formula is C17H19N3O2S3. The standard InChI is InChI=1S/C17H19N3O2S3/c1-2-13-5-6-14-15(12-13)24-17(18-14)19-7-9-20(10-8-19)25(21,22)16-4-3-11-23-16/h3-6,11-12H,2,7-10H2,1H3. The smallest absolute Gasteiger partial charge is 0.252 e. The molecule has 0 atom stereocenters. The second kappa shape index (κ2) is 6.68. The van der Waals surface area contributed by atoms with Crippen LogP contribution in [0.4, 0.5) is 5.13 Å². The summed E-state index contributed by atoms with van der Waals surface area (Å²) in [4.78, 5) is 6.92. The van der Waals surface area contributed by atoms with Crippen molar-refractivity contribution in [3.05, 3.63) is 41.3 Å². The highest BCUT2D eigenvalue weighted by atomic mass is 32.2. The maximum Gasteiger partial charge on any atom is 0.252 e. The van der Waals surface area contributed by atoms with Crippen LogP contribution in [0.1, 0.15) is 12.5 Å². The largest absolute Gasteiger partial charge is 0.345 e. The molecule has 0 radical (unpaired) electrons. The molecule has 0 spiro atoms. The molecule has 1 saturated heterocycles. The molecule has 0 aliphatic carbocycles. The number of fused-ring (bicyclic) bond motifs is 1. The van der Waals surface area contributed by atoms with Gasteiger partial charge in [0.1, 0.15) is 4.21 Å². The second-order valence-corrected chi connectivity index (χ2v) is 10.1. The normalized spacial score (nSPS) is 16.6. The molecule has 2 aromatic heterocycles. The molecule has 3 aromatic rings. The van der Waals surface area contributed by atoms with Gasteiger partial charge in [-0.2, -0.15) is 4.31 Å². The zero-order valence-electron chi connectivity index (χ0n) is 13.9. The minimum absolute atomic E-state index is 0.424. The molecule has 0 bridgehead atoms. The van der Waals surface area contributed by atoms with Gasteiger partial charge in [-0.05, 0) is 35.6 Å². The number of nitrogens with zero attached hydrogens (tertiary/aromatic N) is 3. The fourth-order valence-electron chi connectivity index (χ4n) is 2.97. The van der Waals surface area contributed by atoms with Crippen LogP contribution in [0.3, 0.4) is 0 Å². The first-order chi connectivity index (χ1) is 12.1. The molecule has 25 heavy (non-hydrogen) atoms. The predicted molar refractivity (Wildman–Crippen MR) is 104 cm³/mol. The van der Waals surface area contributed by atoms with Gasteiger partial charge in [0.25, 0.3) is 10.0 Å². The summed E-state index contributed by atoms with van der Waals surface area (Å²) in [5, 5.41) is 2.78. The summed E-state index contributed by atoms with van der Waals surface area (Å²) < 4.78 is 28.4. The second-order valence-electron chi connectivity index (χ2n) is 5.98. The van der Waals surface area contributed by atoms with Crippen molar-refractivity contribution in [1.29, 1.82) is 0 Å². The van der Waals surface area contributed by atoms with Crippen LogP contribution in [-0.4, -0.2) is 43.9 Å². The summed E-state index contributed by atoms with van der Waals surface area (Å²) >= 11 is 2.96. The zero-order chi connectivity index (χ0) is 17.4. The lowest BCUT2D eigenvalue weighted by molar-refractivity contribution is 0.386. The average Bonchev–Trinajstić information content (AvgIpc) is 3.31.